The minimum absolute atomic E-state index is 0.162. The molecule has 0 aliphatic heterocycles. The Morgan fingerprint density at radius 1 is 1.50 bits per heavy atom. The van der Waals surface area contributed by atoms with E-state index in [1.54, 1.807) is 7.11 Å². The summed E-state index contributed by atoms with van der Waals surface area (Å²) in [5, 5.41) is 9.90. The van der Waals surface area contributed by atoms with E-state index >= 15 is 0 Å². The first-order chi connectivity index (χ1) is 7.60. The number of rotatable bonds is 4. The normalized spacial score (nSPS) is 34.3. The molecule has 1 aliphatic rings. The highest BCUT2D eigenvalue weighted by Gasteiger charge is 2.28. The third-order valence-corrected chi connectivity index (χ3v) is 3.07. The van der Waals surface area contributed by atoms with E-state index < -0.39 is 0 Å². The van der Waals surface area contributed by atoms with Crippen LogP contribution in [0.5, 0.6) is 0 Å². The van der Waals surface area contributed by atoms with Gasteiger partial charge < -0.3 is 9.84 Å². The maximum Gasteiger partial charge on any atom is 0.0801 e. The molecule has 3 nitrogen and oxygen atoms in total. The Hall–Kier alpha value is -0.670. The second kappa shape index (κ2) is 6.16. The smallest absolute Gasteiger partial charge is 0.0801 e. The number of aliphatic hydroxyl groups is 1. The van der Waals surface area contributed by atoms with Crippen LogP contribution in [0.2, 0.25) is 0 Å². The van der Waals surface area contributed by atoms with Crippen LogP contribution in [-0.2, 0) is 4.74 Å². The van der Waals surface area contributed by atoms with Crippen LogP contribution in [0.1, 0.15) is 27.2 Å². The van der Waals surface area contributed by atoms with Crippen LogP contribution in [0.3, 0.4) is 0 Å². The lowest BCUT2D eigenvalue weighted by Gasteiger charge is -2.29. The molecule has 0 aromatic carbocycles. The van der Waals surface area contributed by atoms with Gasteiger partial charge in [-0.3, -0.25) is 4.99 Å². The summed E-state index contributed by atoms with van der Waals surface area (Å²) in [5.74, 6) is 0.493. The lowest BCUT2D eigenvalue weighted by atomic mass is 9.81. The van der Waals surface area contributed by atoms with Crippen LogP contribution in [-0.4, -0.2) is 36.7 Å². The molecule has 16 heavy (non-hydrogen) atoms. The molecule has 0 aromatic rings. The molecule has 92 valence electrons. The average Bonchev–Trinajstić information content (AvgIpc) is 2.24. The lowest BCUT2D eigenvalue weighted by Crippen LogP contribution is -2.34. The summed E-state index contributed by atoms with van der Waals surface area (Å²) >= 11 is 0. The van der Waals surface area contributed by atoms with Crippen molar-refractivity contribution in [2.45, 2.75) is 39.3 Å². The Balaban J connectivity index is 2.85. The third kappa shape index (κ3) is 3.16. The standard InChI is InChI=1S/C13H23NO2/c1-5-11-12(15)7-6-9(2)13(11)14-10(3)8-16-4/h6-7,9-12,15H,5,8H2,1-4H3. The molecule has 0 fully saturated rings. The molecule has 0 amide bonds. The summed E-state index contributed by atoms with van der Waals surface area (Å²) in [5.41, 5.74) is 1.11. The molecule has 4 atom stereocenters. The first-order valence-corrected chi connectivity index (χ1v) is 6.03. The highest BCUT2D eigenvalue weighted by atomic mass is 16.5. The minimum Gasteiger partial charge on any atom is -0.388 e. The Morgan fingerprint density at radius 2 is 2.19 bits per heavy atom. The Morgan fingerprint density at radius 3 is 2.75 bits per heavy atom. The Kier molecular flexibility index (Phi) is 5.16. The van der Waals surface area contributed by atoms with E-state index in [-0.39, 0.29) is 18.1 Å². The third-order valence-electron chi connectivity index (χ3n) is 3.07. The number of aliphatic imine (C=N–C) groups is 1. The predicted molar refractivity (Wildman–Crippen MR) is 66.9 cm³/mol. The highest BCUT2D eigenvalue weighted by molar-refractivity contribution is 5.92. The first kappa shape index (κ1) is 13.4. The predicted octanol–water partition coefficient (Wildman–Crippen LogP) is 2.06. The lowest BCUT2D eigenvalue weighted by molar-refractivity contribution is 0.173. The van der Waals surface area contributed by atoms with E-state index in [4.69, 9.17) is 4.74 Å². The van der Waals surface area contributed by atoms with E-state index in [1.807, 2.05) is 19.1 Å². The molecule has 0 saturated carbocycles. The SMILES string of the molecule is CCC1C(=NC(C)COC)C(C)C=CC1O. The molecular formula is C13H23NO2. The van der Waals surface area contributed by atoms with E-state index in [2.05, 4.69) is 18.8 Å². The van der Waals surface area contributed by atoms with E-state index in [0.29, 0.717) is 12.5 Å². The molecule has 1 aliphatic carbocycles. The van der Waals surface area contributed by atoms with Crippen molar-refractivity contribution in [2.75, 3.05) is 13.7 Å². The van der Waals surface area contributed by atoms with Gasteiger partial charge in [-0.15, -0.1) is 0 Å². The molecule has 0 radical (unpaired) electrons. The van der Waals surface area contributed by atoms with Crippen molar-refractivity contribution in [3.05, 3.63) is 12.2 Å². The molecule has 3 heteroatoms. The van der Waals surface area contributed by atoms with Gasteiger partial charge in [0.25, 0.3) is 0 Å². The summed E-state index contributed by atoms with van der Waals surface area (Å²) in [7, 11) is 1.69. The maximum atomic E-state index is 9.90. The van der Waals surface area contributed by atoms with Crippen molar-refractivity contribution >= 4 is 5.71 Å². The molecule has 0 saturated heterocycles. The molecule has 1 N–H and O–H groups in total. The van der Waals surface area contributed by atoms with E-state index in [9.17, 15) is 5.11 Å². The van der Waals surface area contributed by atoms with Gasteiger partial charge in [-0.1, -0.05) is 26.0 Å². The quantitative estimate of drug-likeness (QED) is 0.744. The van der Waals surface area contributed by atoms with Crippen molar-refractivity contribution in [1.29, 1.82) is 0 Å². The summed E-state index contributed by atoms with van der Waals surface area (Å²) in [6.07, 6.45) is 4.47. The summed E-state index contributed by atoms with van der Waals surface area (Å²) in [6, 6.07) is 0.162. The van der Waals surface area contributed by atoms with Gasteiger partial charge in [0.15, 0.2) is 0 Å². The number of allylic oxidation sites excluding steroid dienone is 1. The molecule has 1 rings (SSSR count). The van der Waals surface area contributed by atoms with Crippen LogP contribution < -0.4 is 0 Å². The van der Waals surface area contributed by atoms with Crippen LogP contribution in [0.15, 0.2) is 17.1 Å². The molecule has 0 spiro atoms. The molecular weight excluding hydrogens is 202 g/mol. The monoisotopic (exact) mass is 225 g/mol. The van der Waals surface area contributed by atoms with Gasteiger partial charge in [-0.05, 0) is 13.3 Å². The van der Waals surface area contributed by atoms with Crippen molar-refractivity contribution < 1.29 is 9.84 Å². The number of methoxy groups -OCH3 is 1. The molecule has 0 heterocycles. The van der Waals surface area contributed by atoms with Crippen molar-refractivity contribution in [3.8, 4) is 0 Å². The second-order valence-corrected chi connectivity index (χ2v) is 4.54. The van der Waals surface area contributed by atoms with Crippen LogP contribution in [0.25, 0.3) is 0 Å². The van der Waals surface area contributed by atoms with E-state index in [0.717, 1.165) is 12.1 Å². The zero-order chi connectivity index (χ0) is 12.1. The van der Waals surface area contributed by atoms with Gasteiger partial charge >= 0.3 is 0 Å². The Bertz CT molecular complexity index is 273. The van der Waals surface area contributed by atoms with Crippen molar-refractivity contribution in [3.63, 3.8) is 0 Å². The Labute approximate surface area is 98.2 Å². The van der Waals surface area contributed by atoms with Gasteiger partial charge in [0.2, 0.25) is 0 Å². The van der Waals surface area contributed by atoms with Gasteiger partial charge in [0.1, 0.15) is 0 Å². The van der Waals surface area contributed by atoms with Gasteiger partial charge in [0.05, 0.1) is 18.8 Å². The summed E-state index contributed by atoms with van der Waals surface area (Å²) in [6.45, 7) is 6.90. The van der Waals surface area contributed by atoms with Gasteiger partial charge in [-0.2, -0.15) is 0 Å². The largest absolute Gasteiger partial charge is 0.388 e. The number of nitrogens with zero attached hydrogens (tertiary/aromatic N) is 1. The average molecular weight is 225 g/mol. The van der Waals surface area contributed by atoms with Crippen molar-refractivity contribution in [1.82, 2.24) is 0 Å². The highest BCUT2D eigenvalue weighted by Crippen LogP contribution is 2.24. The number of hydrogen-bond acceptors (Lipinski definition) is 3. The summed E-state index contributed by atoms with van der Waals surface area (Å²) < 4.78 is 5.09. The molecule has 0 aromatic heterocycles. The van der Waals surface area contributed by atoms with Gasteiger partial charge in [0, 0.05) is 24.7 Å². The van der Waals surface area contributed by atoms with Crippen LogP contribution in [0, 0.1) is 11.8 Å². The number of ether oxygens (including phenoxy) is 1. The first-order valence-electron chi connectivity index (χ1n) is 6.03. The minimum atomic E-state index is -0.380. The number of aliphatic hydroxyl groups excluding tert-OH is 1. The fourth-order valence-electron chi connectivity index (χ4n) is 2.22. The van der Waals surface area contributed by atoms with Crippen LogP contribution in [0.4, 0.5) is 0 Å². The van der Waals surface area contributed by atoms with Gasteiger partial charge in [-0.25, -0.2) is 0 Å². The molecule has 0 bridgehead atoms. The fourth-order valence-corrected chi connectivity index (χ4v) is 2.22. The summed E-state index contributed by atoms with van der Waals surface area (Å²) in [4.78, 5) is 4.69. The molecule has 4 unspecified atom stereocenters. The zero-order valence-corrected chi connectivity index (χ0v) is 10.7. The topological polar surface area (TPSA) is 41.8 Å². The fraction of sp³-hybridized carbons (Fsp3) is 0.769. The van der Waals surface area contributed by atoms with E-state index in [1.165, 1.54) is 0 Å². The van der Waals surface area contributed by atoms with Crippen LogP contribution >= 0.6 is 0 Å². The zero-order valence-electron chi connectivity index (χ0n) is 10.7. The maximum absolute atomic E-state index is 9.90. The second-order valence-electron chi connectivity index (χ2n) is 4.54. The van der Waals surface area contributed by atoms with Crippen molar-refractivity contribution in [2.24, 2.45) is 16.8 Å². The number of hydrogen-bond donors (Lipinski definition) is 1.